The van der Waals surface area contributed by atoms with Crippen LogP contribution in [0, 0.1) is 6.92 Å². The lowest BCUT2D eigenvalue weighted by Gasteiger charge is -2.20. The molecule has 2 aromatic carbocycles. The molecule has 1 aliphatic heterocycles. The number of carbonyl (C=O) groups is 2. The lowest BCUT2D eigenvalue weighted by atomic mass is 10.0. The second kappa shape index (κ2) is 8.14. The summed E-state index contributed by atoms with van der Waals surface area (Å²) in [4.78, 5) is 28.5. The smallest absolute Gasteiger partial charge is 0.257 e. The molecule has 0 spiro atoms. The first-order valence-electron chi connectivity index (χ1n) is 8.55. The Morgan fingerprint density at radius 2 is 1.88 bits per heavy atom. The fourth-order valence-corrected chi connectivity index (χ4v) is 3.77. The quantitative estimate of drug-likeness (QED) is 0.761. The average molecular weight is 389 g/mol. The SMILES string of the molecule is CSc1ccc(Cl)c(C(=O)Nc2cccc(C)c2C(=O)N2CCCC2)c1. The molecule has 0 unspecified atom stereocenters. The van der Waals surface area contributed by atoms with Crippen molar-refractivity contribution < 1.29 is 9.59 Å². The summed E-state index contributed by atoms with van der Waals surface area (Å²) in [6.45, 7) is 3.42. The average Bonchev–Trinajstić information content (AvgIpc) is 3.16. The molecule has 26 heavy (non-hydrogen) atoms. The van der Waals surface area contributed by atoms with Gasteiger partial charge in [-0.05, 0) is 55.9 Å². The Morgan fingerprint density at radius 1 is 1.15 bits per heavy atom. The van der Waals surface area contributed by atoms with Crippen molar-refractivity contribution in [2.45, 2.75) is 24.7 Å². The maximum absolute atomic E-state index is 12.9. The third kappa shape index (κ3) is 3.89. The second-order valence-electron chi connectivity index (χ2n) is 6.30. The van der Waals surface area contributed by atoms with Gasteiger partial charge in [-0.25, -0.2) is 0 Å². The molecule has 0 saturated carbocycles. The molecule has 0 aromatic heterocycles. The zero-order chi connectivity index (χ0) is 18.7. The van der Waals surface area contributed by atoms with Gasteiger partial charge in [-0.1, -0.05) is 23.7 Å². The van der Waals surface area contributed by atoms with Gasteiger partial charge in [0.25, 0.3) is 11.8 Å². The van der Waals surface area contributed by atoms with E-state index in [1.165, 1.54) is 0 Å². The van der Waals surface area contributed by atoms with Crippen LogP contribution in [0.5, 0.6) is 0 Å². The second-order valence-corrected chi connectivity index (χ2v) is 7.58. The number of amides is 2. The lowest BCUT2D eigenvalue weighted by Crippen LogP contribution is -2.29. The lowest BCUT2D eigenvalue weighted by molar-refractivity contribution is 0.0793. The standard InChI is InChI=1S/C20H21ClN2O2S/c1-13-6-5-7-17(18(13)20(25)23-10-3-4-11-23)22-19(24)15-12-14(26-2)8-9-16(15)21/h5-9,12H,3-4,10-11H2,1-2H3,(H,22,24). The van der Waals surface area contributed by atoms with Crippen LogP contribution in [0.3, 0.4) is 0 Å². The van der Waals surface area contributed by atoms with Crippen LogP contribution < -0.4 is 5.32 Å². The highest BCUT2D eigenvalue weighted by atomic mass is 35.5. The van der Waals surface area contributed by atoms with Crippen LogP contribution in [0.15, 0.2) is 41.3 Å². The van der Waals surface area contributed by atoms with E-state index in [2.05, 4.69) is 5.32 Å². The Labute approximate surface area is 162 Å². The zero-order valence-corrected chi connectivity index (χ0v) is 16.4. The molecule has 1 N–H and O–H groups in total. The first-order valence-corrected chi connectivity index (χ1v) is 10.2. The minimum atomic E-state index is -0.313. The van der Waals surface area contributed by atoms with E-state index in [0.29, 0.717) is 21.8 Å². The van der Waals surface area contributed by atoms with Crippen molar-refractivity contribution >= 4 is 40.9 Å². The minimum absolute atomic E-state index is 0.0279. The maximum Gasteiger partial charge on any atom is 0.257 e. The third-order valence-electron chi connectivity index (χ3n) is 4.55. The van der Waals surface area contributed by atoms with Crippen LogP contribution >= 0.6 is 23.4 Å². The Hall–Kier alpha value is -1.98. The van der Waals surface area contributed by atoms with Crippen molar-refractivity contribution in [3.8, 4) is 0 Å². The molecule has 1 aliphatic rings. The van der Waals surface area contributed by atoms with Crippen LogP contribution in [0.1, 0.15) is 39.1 Å². The molecule has 0 aliphatic carbocycles. The van der Waals surface area contributed by atoms with E-state index in [4.69, 9.17) is 11.6 Å². The molecule has 3 rings (SSSR count). The number of halogens is 1. The Bertz CT molecular complexity index is 848. The zero-order valence-electron chi connectivity index (χ0n) is 14.8. The summed E-state index contributed by atoms with van der Waals surface area (Å²) in [7, 11) is 0. The fourth-order valence-electron chi connectivity index (χ4n) is 3.13. The van der Waals surface area contributed by atoms with E-state index in [0.717, 1.165) is 36.4 Å². The number of hydrogen-bond acceptors (Lipinski definition) is 3. The van der Waals surface area contributed by atoms with E-state index in [9.17, 15) is 9.59 Å². The van der Waals surface area contributed by atoms with Crippen molar-refractivity contribution in [3.63, 3.8) is 0 Å². The summed E-state index contributed by atoms with van der Waals surface area (Å²) >= 11 is 7.75. The molecule has 1 saturated heterocycles. The van der Waals surface area contributed by atoms with E-state index < -0.39 is 0 Å². The Kier molecular flexibility index (Phi) is 5.89. The Balaban J connectivity index is 1.91. The molecule has 0 bridgehead atoms. The molecule has 2 aromatic rings. The topological polar surface area (TPSA) is 49.4 Å². The largest absolute Gasteiger partial charge is 0.339 e. The molecular weight excluding hydrogens is 368 g/mol. The molecule has 136 valence electrons. The summed E-state index contributed by atoms with van der Waals surface area (Å²) in [6.07, 6.45) is 3.99. The van der Waals surface area contributed by atoms with Crippen LogP contribution in [0.2, 0.25) is 5.02 Å². The van der Waals surface area contributed by atoms with Crippen LogP contribution in [0.25, 0.3) is 0 Å². The molecule has 0 radical (unpaired) electrons. The van der Waals surface area contributed by atoms with Gasteiger partial charge in [-0.15, -0.1) is 11.8 Å². The highest BCUT2D eigenvalue weighted by Gasteiger charge is 2.24. The van der Waals surface area contributed by atoms with Gasteiger partial charge in [0.15, 0.2) is 0 Å². The van der Waals surface area contributed by atoms with Gasteiger partial charge < -0.3 is 10.2 Å². The number of anilines is 1. The maximum atomic E-state index is 12.9. The number of thioether (sulfide) groups is 1. The van der Waals surface area contributed by atoms with Crippen molar-refractivity contribution in [3.05, 3.63) is 58.1 Å². The number of likely N-dealkylation sites (tertiary alicyclic amines) is 1. The molecular formula is C20H21ClN2O2S. The van der Waals surface area contributed by atoms with Crippen molar-refractivity contribution in [2.24, 2.45) is 0 Å². The highest BCUT2D eigenvalue weighted by Crippen LogP contribution is 2.27. The van der Waals surface area contributed by atoms with Crippen LogP contribution in [-0.2, 0) is 0 Å². The number of hydrogen-bond donors (Lipinski definition) is 1. The van der Waals surface area contributed by atoms with Crippen LogP contribution in [-0.4, -0.2) is 36.1 Å². The molecule has 6 heteroatoms. The molecule has 1 heterocycles. The van der Waals surface area contributed by atoms with E-state index in [-0.39, 0.29) is 11.8 Å². The summed E-state index contributed by atoms with van der Waals surface area (Å²) in [6, 6.07) is 10.8. The molecule has 2 amide bonds. The third-order valence-corrected chi connectivity index (χ3v) is 5.60. The summed E-state index contributed by atoms with van der Waals surface area (Å²) < 4.78 is 0. The predicted octanol–water partition coefficient (Wildman–Crippen LogP) is 4.86. The van der Waals surface area contributed by atoms with Crippen molar-refractivity contribution in [1.82, 2.24) is 4.90 Å². The predicted molar refractivity (Wildman–Crippen MR) is 108 cm³/mol. The monoisotopic (exact) mass is 388 g/mol. The fraction of sp³-hybridized carbons (Fsp3) is 0.300. The summed E-state index contributed by atoms with van der Waals surface area (Å²) in [5, 5.41) is 3.27. The van der Waals surface area contributed by atoms with Crippen LogP contribution in [0.4, 0.5) is 5.69 Å². The number of nitrogens with zero attached hydrogens (tertiary/aromatic N) is 1. The van der Waals surface area contributed by atoms with Crippen molar-refractivity contribution in [1.29, 1.82) is 0 Å². The van der Waals surface area contributed by atoms with E-state index >= 15 is 0 Å². The van der Waals surface area contributed by atoms with Gasteiger partial charge in [0.2, 0.25) is 0 Å². The summed E-state index contributed by atoms with van der Waals surface area (Å²) in [5.41, 5.74) is 2.33. The van der Waals surface area contributed by atoms with Crippen molar-refractivity contribution in [2.75, 3.05) is 24.7 Å². The first-order chi connectivity index (χ1) is 12.5. The van der Waals surface area contributed by atoms with Gasteiger partial charge in [-0.3, -0.25) is 9.59 Å². The molecule has 4 nitrogen and oxygen atoms in total. The van der Waals surface area contributed by atoms with Gasteiger partial charge in [0, 0.05) is 18.0 Å². The number of benzene rings is 2. The minimum Gasteiger partial charge on any atom is -0.339 e. The van der Waals surface area contributed by atoms with Gasteiger partial charge in [0.1, 0.15) is 0 Å². The van der Waals surface area contributed by atoms with Gasteiger partial charge in [0.05, 0.1) is 21.8 Å². The first kappa shape index (κ1) is 18.8. The molecule has 0 atom stereocenters. The Morgan fingerprint density at radius 3 is 2.58 bits per heavy atom. The number of nitrogens with one attached hydrogen (secondary N) is 1. The van der Waals surface area contributed by atoms with E-state index in [1.54, 1.807) is 30.0 Å². The summed E-state index contributed by atoms with van der Waals surface area (Å²) in [5.74, 6) is -0.341. The number of rotatable bonds is 4. The number of aryl methyl sites for hydroxylation is 1. The normalized spacial score (nSPS) is 13.7. The van der Waals surface area contributed by atoms with Gasteiger partial charge >= 0.3 is 0 Å². The van der Waals surface area contributed by atoms with E-state index in [1.807, 2.05) is 36.3 Å². The number of carbonyl (C=O) groups excluding carboxylic acids is 2. The van der Waals surface area contributed by atoms with Gasteiger partial charge in [-0.2, -0.15) is 0 Å². The highest BCUT2D eigenvalue weighted by molar-refractivity contribution is 7.98. The molecule has 1 fully saturated rings.